The lowest BCUT2D eigenvalue weighted by Crippen LogP contribution is -2.46. The second-order valence-electron chi connectivity index (χ2n) is 7.40. The van der Waals surface area contributed by atoms with Crippen LogP contribution in [0.4, 0.5) is 0 Å². The molecule has 1 saturated heterocycles. The van der Waals surface area contributed by atoms with E-state index in [2.05, 4.69) is 38.0 Å². The third-order valence-corrected chi connectivity index (χ3v) is 7.19. The van der Waals surface area contributed by atoms with Gasteiger partial charge in [-0.25, -0.2) is 4.99 Å². The van der Waals surface area contributed by atoms with Crippen LogP contribution in [0.2, 0.25) is 0 Å². The summed E-state index contributed by atoms with van der Waals surface area (Å²) < 4.78 is 7.99. The second-order valence-corrected chi connectivity index (χ2v) is 8.51. The quantitative estimate of drug-likeness (QED) is 0.701. The Balaban J connectivity index is 1.21. The molecule has 4 aliphatic rings. The molecule has 138 valence electrons. The van der Waals surface area contributed by atoms with Gasteiger partial charge in [0.2, 0.25) is 0 Å². The van der Waals surface area contributed by atoms with Gasteiger partial charge in [-0.3, -0.25) is 4.31 Å². The van der Waals surface area contributed by atoms with Crippen LogP contribution in [0, 0.1) is 5.92 Å². The van der Waals surface area contributed by atoms with Gasteiger partial charge in [-0.05, 0) is 43.9 Å². The smallest absolute Gasteiger partial charge is 0.137 e. The van der Waals surface area contributed by atoms with Crippen LogP contribution in [0.15, 0.2) is 28.7 Å². The van der Waals surface area contributed by atoms with E-state index in [4.69, 9.17) is 4.74 Å². The SMILES string of the molecule is COC1CCN(SCC2CC(N(C)C3=C4C=CNC4NC=N3)C2)CC1. The van der Waals surface area contributed by atoms with Crippen LogP contribution in [-0.2, 0) is 4.74 Å². The lowest BCUT2D eigenvalue weighted by Gasteiger charge is -2.43. The largest absolute Gasteiger partial charge is 0.381 e. The molecule has 25 heavy (non-hydrogen) atoms. The Morgan fingerprint density at radius 2 is 2.12 bits per heavy atom. The fourth-order valence-corrected chi connectivity index (χ4v) is 5.20. The summed E-state index contributed by atoms with van der Waals surface area (Å²) in [5, 5.41) is 6.55. The predicted octanol–water partition coefficient (Wildman–Crippen LogP) is 1.74. The van der Waals surface area contributed by atoms with E-state index in [0.29, 0.717) is 12.1 Å². The Morgan fingerprint density at radius 3 is 2.88 bits per heavy atom. The highest BCUT2D eigenvalue weighted by molar-refractivity contribution is 7.97. The summed E-state index contributed by atoms with van der Waals surface area (Å²) in [6, 6.07) is 0.622. The van der Waals surface area contributed by atoms with E-state index in [1.54, 1.807) is 0 Å². The molecule has 0 aromatic heterocycles. The molecule has 0 bridgehead atoms. The highest BCUT2D eigenvalue weighted by Gasteiger charge is 2.35. The standard InChI is InChI=1S/C18H29N5OS/c1-22(18-16-3-6-19-17(16)20-12-21-18)14-9-13(10-14)11-25-23-7-4-15(24-2)5-8-23/h3,6,12-15,17,19H,4-5,7-11H2,1-2H3,(H,20,21). The van der Waals surface area contributed by atoms with Gasteiger partial charge in [0.25, 0.3) is 0 Å². The maximum absolute atomic E-state index is 5.45. The van der Waals surface area contributed by atoms with Crippen molar-refractivity contribution in [2.45, 2.75) is 44.0 Å². The first-order chi connectivity index (χ1) is 12.2. The van der Waals surface area contributed by atoms with Crippen molar-refractivity contribution in [3.8, 4) is 0 Å². The zero-order valence-corrected chi connectivity index (χ0v) is 16.0. The van der Waals surface area contributed by atoms with Gasteiger partial charge in [0.1, 0.15) is 12.0 Å². The summed E-state index contributed by atoms with van der Waals surface area (Å²) in [6.07, 6.45) is 11.5. The minimum Gasteiger partial charge on any atom is -0.381 e. The molecule has 0 spiro atoms. The van der Waals surface area contributed by atoms with Crippen LogP contribution in [0.5, 0.6) is 0 Å². The summed E-state index contributed by atoms with van der Waals surface area (Å²) in [4.78, 5) is 6.96. The molecule has 1 aliphatic carbocycles. The fourth-order valence-electron chi connectivity index (χ4n) is 4.04. The Kier molecular flexibility index (Phi) is 5.24. The first-order valence-corrected chi connectivity index (χ1v) is 10.3. The topological polar surface area (TPSA) is 52.1 Å². The van der Waals surface area contributed by atoms with Gasteiger partial charge in [-0.2, -0.15) is 0 Å². The fraction of sp³-hybridized carbons (Fsp3) is 0.722. The number of hydrogen-bond donors (Lipinski definition) is 2. The molecular formula is C18H29N5OS. The van der Waals surface area contributed by atoms with Crippen LogP contribution in [0.3, 0.4) is 0 Å². The molecule has 3 heterocycles. The number of rotatable bonds is 6. The summed E-state index contributed by atoms with van der Waals surface area (Å²) in [5.74, 6) is 3.20. The molecule has 1 saturated carbocycles. The van der Waals surface area contributed by atoms with Crippen molar-refractivity contribution in [1.29, 1.82) is 0 Å². The molecule has 0 aromatic carbocycles. The van der Waals surface area contributed by atoms with Crippen molar-refractivity contribution >= 4 is 18.3 Å². The average molecular weight is 364 g/mol. The molecule has 0 amide bonds. The molecule has 1 atom stereocenters. The predicted molar refractivity (Wildman–Crippen MR) is 103 cm³/mol. The molecule has 3 aliphatic heterocycles. The van der Waals surface area contributed by atoms with Gasteiger partial charge in [-0.15, -0.1) is 0 Å². The van der Waals surface area contributed by atoms with E-state index >= 15 is 0 Å². The summed E-state index contributed by atoms with van der Waals surface area (Å²) in [6.45, 7) is 2.33. The molecule has 2 fully saturated rings. The van der Waals surface area contributed by atoms with Crippen molar-refractivity contribution in [2.75, 3.05) is 33.0 Å². The van der Waals surface area contributed by atoms with Gasteiger partial charge in [0, 0.05) is 44.6 Å². The Bertz CT molecular complexity index is 564. The minimum atomic E-state index is 0.191. The molecule has 1 unspecified atom stereocenters. The van der Waals surface area contributed by atoms with E-state index in [-0.39, 0.29) is 6.17 Å². The van der Waals surface area contributed by atoms with Crippen molar-refractivity contribution in [3.63, 3.8) is 0 Å². The molecule has 2 N–H and O–H groups in total. The first kappa shape index (κ1) is 17.2. The third-order valence-electron chi connectivity index (χ3n) is 5.84. The van der Waals surface area contributed by atoms with Crippen LogP contribution in [0.1, 0.15) is 25.7 Å². The summed E-state index contributed by atoms with van der Waals surface area (Å²) in [7, 11) is 4.03. The van der Waals surface area contributed by atoms with Crippen LogP contribution >= 0.6 is 11.9 Å². The normalized spacial score (nSPS) is 32.2. The number of methoxy groups -OCH3 is 1. The van der Waals surface area contributed by atoms with Crippen LogP contribution < -0.4 is 10.6 Å². The highest BCUT2D eigenvalue weighted by atomic mass is 32.2. The van der Waals surface area contributed by atoms with Gasteiger partial charge < -0.3 is 20.3 Å². The third kappa shape index (κ3) is 3.68. The van der Waals surface area contributed by atoms with E-state index in [1.807, 2.05) is 31.6 Å². The minimum absolute atomic E-state index is 0.191. The number of aliphatic imine (C=N–C) groups is 1. The van der Waals surface area contributed by atoms with Crippen molar-refractivity contribution in [2.24, 2.45) is 10.9 Å². The van der Waals surface area contributed by atoms with Gasteiger partial charge in [0.15, 0.2) is 0 Å². The number of fused-ring (bicyclic) bond motifs is 1. The number of piperidine rings is 1. The van der Waals surface area contributed by atoms with Crippen LogP contribution in [-0.4, -0.2) is 66.9 Å². The first-order valence-electron chi connectivity index (χ1n) is 9.33. The van der Waals surface area contributed by atoms with E-state index < -0.39 is 0 Å². The molecule has 0 radical (unpaired) electrons. The Hall–Kier alpha value is -1.18. The van der Waals surface area contributed by atoms with Gasteiger partial charge >= 0.3 is 0 Å². The highest BCUT2D eigenvalue weighted by Crippen LogP contribution is 2.37. The zero-order valence-electron chi connectivity index (χ0n) is 15.1. The Labute approximate surface area is 154 Å². The maximum Gasteiger partial charge on any atom is 0.137 e. The monoisotopic (exact) mass is 363 g/mol. The van der Waals surface area contributed by atoms with E-state index in [0.717, 1.165) is 24.8 Å². The summed E-state index contributed by atoms with van der Waals surface area (Å²) >= 11 is 2.05. The maximum atomic E-state index is 5.45. The number of hydrogen-bond acceptors (Lipinski definition) is 7. The van der Waals surface area contributed by atoms with Crippen molar-refractivity contribution in [3.05, 3.63) is 23.7 Å². The molecule has 7 heteroatoms. The van der Waals surface area contributed by atoms with Gasteiger partial charge in [0.05, 0.1) is 12.4 Å². The van der Waals surface area contributed by atoms with Crippen molar-refractivity contribution < 1.29 is 4.74 Å². The summed E-state index contributed by atoms with van der Waals surface area (Å²) in [5.41, 5.74) is 1.25. The Morgan fingerprint density at radius 1 is 1.32 bits per heavy atom. The van der Waals surface area contributed by atoms with Crippen LogP contribution in [0.25, 0.3) is 0 Å². The number of ether oxygens (including phenoxy) is 1. The number of nitrogens with zero attached hydrogens (tertiary/aromatic N) is 3. The lowest BCUT2D eigenvalue weighted by atomic mass is 9.80. The zero-order chi connectivity index (χ0) is 17.2. The molecule has 6 nitrogen and oxygen atoms in total. The average Bonchev–Trinajstić information content (AvgIpc) is 3.09. The van der Waals surface area contributed by atoms with E-state index in [9.17, 15) is 0 Å². The lowest BCUT2D eigenvalue weighted by molar-refractivity contribution is 0.0622. The molecule has 0 aromatic rings. The van der Waals surface area contributed by atoms with Crippen molar-refractivity contribution in [1.82, 2.24) is 19.8 Å². The number of nitrogens with one attached hydrogen (secondary N) is 2. The molecular weight excluding hydrogens is 334 g/mol. The second kappa shape index (κ2) is 7.60. The molecule has 4 rings (SSSR count). The van der Waals surface area contributed by atoms with Gasteiger partial charge in [-0.1, -0.05) is 11.9 Å². The van der Waals surface area contributed by atoms with E-state index in [1.165, 1.54) is 37.0 Å².